The average molecular weight is 218 g/mol. The lowest BCUT2D eigenvalue weighted by Gasteiger charge is -2.28. The molecule has 1 fully saturated rings. The van der Waals surface area contributed by atoms with Crippen LogP contribution in [0.4, 0.5) is 0 Å². The van der Waals surface area contributed by atoms with E-state index in [-0.39, 0.29) is 0 Å². The third-order valence-electron chi connectivity index (χ3n) is 2.79. The minimum atomic E-state index is 0.582. The predicted octanol–water partition coefficient (Wildman–Crippen LogP) is 2.19. The molecule has 0 spiro atoms. The first-order valence-electron chi connectivity index (χ1n) is 5.36. The molecule has 0 radical (unpaired) electrons. The van der Waals surface area contributed by atoms with Gasteiger partial charge in [0.05, 0.1) is 0 Å². The lowest BCUT2D eigenvalue weighted by molar-refractivity contribution is 0.0564. The molecule has 1 heterocycles. The van der Waals surface area contributed by atoms with E-state index < -0.39 is 0 Å². The molecule has 82 valence electrons. The van der Waals surface area contributed by atoms with Gasteiger partial charge in [-0.1, -0.05) is 12.2 Å². The number of halogens is 1. The molecule has 0 aromatic heterocycles. The molecule has 0 saturated carbocycles. The van der Waals surface area contributed by atoms with Gasteiger partial charge in [0.2, 0.25) is 0 Å². The van der Waals surface area contributed by atoms with Crippen molar-refractivity contribution >= 4 is 11.6 Å². The molecule has 1 rings (SSSR count). The second kappa shape index (κ2) is 7.27. The smallest absolute Gasteiger partial charge is 0.0469 e. The summed E-state index contributed by atoms with van der Waals surface area (Å²) in [5.74, 6) is 1.38. The average Bonchev–Trinajstić information content (AvgIpc) is 2.25. The van der Waals surface area contributed by atoms with E-state index in [4.69, 9.17) is 16.3 Å². The molecule has 14 heavy (non-hydrogen) atoms. The van der Waals surface area contributed by atoms with Crippen LogP contribution in [0.3, 0.4) is 0 Å². The maximum absolute atomic E-state index is 5.53. The van der Waals surface area contributed by atoms with E-state index in [1.807, 2.05) is 6.08 Å². The van der Waals surface area contributed by atoms with Crippen molar-refractivity contribution in [3.05, 3.63) is 12.2 Å². The molecular weight excluding hydrogens is 198 g/mol. The molecule has 1 saturated heterocycles. The zero-order chi connectivity index (χ0) is 10.2. The van der Waals surface area contributed by atoms with Gasteiger partial charge in [0.1, 0.15) is 0 Å². The number of hydrogen-bond donors (Lipinski definition) is 1. The van der Waals surface area contributed by atoms with Gasteiger partial charge >= 0.3 is 0 Å². The highest BCUT2D eigenvalue weighted by Gasteiger charge is 2.19. The van der Waals surface area contributed by atoms with Gasteiger partial charge in [-0.05, 0) is 25.7 Å². The van der Waals surface area contributed by atoms with Crippen molar-refractivity contribution < 1.29 is 4.74 Å². The zero-order valence-corrected chi connectivity index (χ0v) is 9.59. The third kappa shape index (κ3) is 4.45. The van der Waals surface area contributed by atoms with Crippen molar-refractivity contribution in [2.24, 2.45) is 5.92 Å². The molecule has 3 heteroatoms. The minimum Gasteiger partial charge on any atom is -0.381 e. The van der Waals surface area contributed by atoms with E-state index >= 15 is 0 Å². The number of alkyl halides is 1. The summed E-state index contributed by atoms with van der Waals surface area (Å²) in [7, 11) is 0. The monoisotopic (exact) mass is 217 g/mol. The highest BCUT2D eigenvalue weighted by molar-refractivity contribution is 6.18. The number of hydrogen-bond acceptors (Lipinski definition) is 2. The summed E-state index contributed by atoms with van der Waals surface area (Å²) in [6.45, 7) is 5.03. The van der Waals surface area contributed by atoms with Gasteiger partial charge in [-0.15, -0.1) is 11.6 Å². The summed E-state index contributed by atoms with van der Waals surface area (Å²) >= 11 is 5.53. The number of allylic oxidation sites excluding steroid dienone is 1. The van der Waals surface area contributed by atoms with Crippen LogP contribution in [0.25, 0.3) is 0 Å². The fourth-order valence-corrected chi connectivity index (χ4v) is 1.91. The van der Waals surface area contributed by atoms with E-state index in [1.54, 1.807) is 0 Å². The summed E-state index contributed by atoms with van der Waals surface area (Å²) in [6, 6.07) is 0.582. The van der Waals surface area contributed by atoms with Crippen LogP contribution in [0.2, 0.25) is 0 Å². The summed E-state index contributed by atoms with van der Waals surface area (Å²) in [6.07, 6.45) is 6.44. The Hall–Kier alpha value is -0.0500. The van der Waals surface area contributed by atoms with Crippen LogP contribution in [0, 0.1) is 5.92 Å². The van der Waals surface area contributed by atoms with Gasteiger partial charge in [-0.2, -0.15) is 0 Å². The molecule has 1 atom stereocenters. The third-order valence-corrected chi connectivity index (χ3v) is 2.96. The van der Waals surface area contributed by atoms with Crippen LogP contribution in [-0.2, 0) is 4.74 Å². The first-order valence-corrected chi connectivity index (χ1v) is 5.90. The van der Waals surface area contributed by atoms with Crippen LogP contribution >= 0.6 is 11.6 Å². The van der Waals surface area contributed by atoms with E-state index in [0.29, 0.717) is 11.9 Å². The number of rotatable bonds is 5. The van der Waals surface area contributed by atoms with Gasteiger partial charge < -0.3 is 10.1 Å². The lowest BCUT2D eigenvalue weighted by Crippen LogP contribution is -2.36. The molecule has 0 aromatic rings. The Bertz CT molecular complexity index is 167. The second-order valence-corrected chi connectivity index (χ2v) is 4.08. The highest BCUT2D eigenvalue weighted by atomic mass is 35.5. The maximum atomic E-state index is 5.53. The summed E-state index contributed by atoms with van der Waals surface area (Å²) in [4.78, 5) is 0. The van der Waals surface area contributed by atoms with Gasteiger partial charge in [-0.3, -0.25) is 0 Å². The normalized spacial score (nSPS) is 21.6. The van der Waals surface area contributed by atoms with Crippen molar-refractivity contribution in [2.45, 2.75) is 25.8 Å². The number of ether oxygens (including phenoxy) is 1. The van der Waals surface area contributed by atoms with Crippen molar-refractivity contribution in [2.75, 3.05) is 25.6 Å². The Morgan fingerprint density at radius 1 is 1.43 bits per heavy atom. The van der Waals surface area contributed by atoms with Crippen LogP contribution in [0.15, 0.2) is 12.2 Å². The molecule has 0 aliphatic carbocycles. The van der Waals surface area contributed by atoms with Gasteiger partial charge in [0.25, 0.3) is 0 Å². The van der Waals surface area contributed by atoms with E-state index in [1.165, 1.54) is 12.8 Å². The van der Waals surface area contributed by atoms with Crippen LogP contribution in [-0.4, -0.2) is 31.7 Å². The predicted molar refractivity (Wildman–Crippen MR) is 60.9 cm³/mol. The molecule has 1 N–H and O–H groups in total. The van der Waals surface area contributed by atoms with Crippen molar-refractivity contribution in [3.63, 3.8) is 0 Å². The summed E-state index contributed by atoms with van der Waals surface area (Å²) in [5, 5.41) is 3.49. The zero-order valence-electron chi connectivity index (χ0n) is 8.84. The Kier molecular flexibility index (Phi) is 6.24. The first-order chi connectivity index (χ1) is 6.84. The van der Waals surface area contributed by atoms with Crippen LogP contribution in [0.5, 0.6) is 0 Å². The summed E-state index contributed by atoms with van der Waals surface area (Å²) in [5.41, 5.74) is 0. The van der Waals surface area contributed by atoms with Crippen molar-refractivity contribution in [1.29, 1.82) is 0 Å². The van der Waals surface area contributed by atoms with Gasteiger partial charge in [-0.25, -0.2) is 0 Å². The fourth-order valence-electron chi connectivity index (χ4n) is 1.78. The Labute approximate surface area is 91.7 Å². The maximum Gasteiger partial charge on any atom is 0.0469 e. The SMILES string of the molecule is CC(NC/C=C/CCl)C1CCOCC1. The fraction of sp³-hybridized carbons (Fsp3) is 0.818. The molecule has 1 aliphatic rings. The van der Waals surface area contributed by atoms with Crippen molar-refractivity contribution in [3.8, 4) is 0 Å². The largest absolute Gasteiger partial charge is 0.381 e. The Balaban J connectivity index is 2.13. The van der Waals surface area contributed by atoms with E-state index in [9.17, 15) is 0 Å². The topological polar surface area (TPSA) is 21.3 Å². The van der Waals surface area contributed by atoms with Crippen LogP contribution < -0.4 is 5.32 Å². The lowest BCUT2D eigenvalue weighted by atomic mass is 9.93. The van der Waals surface area contributed by atoms with Crippen molar-refractivity contribution in [1.82, 2.24) is 5.32 Å². The number of nitrogens with one attached hydrogen (secondary N) is 1. The van der Waals surface area contributed by atoms with Gasteiger partial charge in [0, 0.05) is 31.7 Å². The second-order valence-electron chi connectivity index (χ2n) is 3.77. The minimum absolute atomic E-state index is 0.582. The standard InChI is InChI=1S/C11H20ClNO/c1-10(13-7-3-2-6-12)11-4-8-14-9-5-11/h2-3,10-11,13H,4-9H2,1H3/b3-2+. The van der Waals surface area contributed by atoms with Crippen LogP contribution in [0.1, 0.15) is 19.8 Å². The molecule has 0 aromatic carbocycles. The Morgan fingerprint density at radius 3 is 2.79 bits per heavy atom. The highest BCUT2D eigenvalue weighted by Crippen LogP contribution is 2.18. The molecule has 0 amide bonds. The molecule has 0 bridgehead atoms. The van der Waals surface area contributed by atoms with Gasteiger partial charge in [0.15, 0.2) is 0 Å². The van der Waals surface area contributed by atoms with E-state index in [2.05, 4.69) is 18.3 Å². The quantitative estimate of drug-likeness (QED) is 0.563. The Morgan fingerprint density at radius 2 is 2.14 bits per heavy atom. The molecular formula is C11H20ClNO. The molecule has 1 aliphatic heterocycles. The van der Waals surface area contributed by atoms with E-state index in [0.717, 1.165) is 25.7 Å². The molecule has 1 unspecified atom stereocenters. The first kappa shape index (κ1) is 12.0. The molecule has 2 nitrogen and oxygen atoms in total. The summed E-state index contributed by atoms with van der Waals surface area (Å²) < 4.78 is 5.33.